The summed E-state index contributed by atoms with van der Waals surface area (Å²) < 4.78 is 18.8. The molecule has 1 heterocycles. The van der Waals surface area contributed by atoms with Crippen molar-refractivity contribution in [1.29, 1.82) is 0 Å². The highest BCUT2D eigenvalue weighted by atomic mass is 19.1. The second-order valence-electron chi connectivity index (χ2n) is 6.53. The van der Waals surface area contributed by atoms with Crippen molar-refractivity contribution < 1.29 is 18.8 Å². The summed E-state index contributed by atoms with van der Waals surface area (Å²) in [5.74, 6) is -0.178. The van der Waals surface area contributed by atoms with Crippen molar-refractivity contribution in [3.63, 3.8) is 0 Å². The maximum Gasteiger partial charge on any atom is 0.271 e. The van der Waals surface area contributed by atoms with Crippen molar-refractivity contribution in [2.24, 2.45) is 0 Å². The zero-order valence-corrected chi connectivity index (χ0v) is 15.4. The van der Waals surface area contributed by atoms with Crippen LogP contribution in [0.5, 0.6) is 5.75 Å². The second-order valence-corrected chi connectivity index (χ2v) is 6.53. The quantitative estimate of drug-likeness (QED) is 0.414. The van der Waals surface area contributed by atoms with Gasteiger partial charge in [0, 0.05) is 50.4 Å². The van der Waals surface area contributed by atoms with E-state index < -0.39 is 10.7 Å². The van der Waals surface area contributed by atoms with Crippen LogP contribution in [-0.4, -0.2) is 48.5 Å². The van der Waals surface area contributed by atoms with Crippen molar-refractivity contribution >= 4 is 17.3 Å². The van der Waals surface area contributed by atoms with E-state index in [0.717, 1.165) is 5.69 Å². The van der Waals surface area contributed by atoms with Gasteiger partial charge in [0.05, 0.1) is 11.5 Å². The summed E-state index contributed by atoms with van der Waals surface area (Å²) in [7, 11) is 0. The number of ether oxygens (including phenoxy) is 1. The molecule has 28 heavy (non-hydrogen) atoms. The van der Waals surface area contributed by atoms with Crippen LogP contribution in [0.25, 0.3) is 0 Å². The number of non-ortho nitro benzene ring substituents is 1. The Balaban J connectivity index is 1.42. The molecular weight excluding hydrogens is 365 g/mol. The van der Waals surface area contributed by atoms with E-state index >= 15 is 0 Å². The first-order chi connectivity index (χ1) is 13.5. The van der Waals surface area contributed by atoms with Crippen LogP contribution in [0.3, 0.4) is 0 Å². The summed E-state index contributed by atoms with van der Waals surface area (Å²) in [5, 5.41) is 10.9. The summed E-state index contributed by atoms with van der Waals surface area (Å²) in [6.07, 6.45) is 0.851. The van der Waals surface area contributed by atoms with Crippen molar-refractivity contribution in [3.8, 4) is 5.75 Å². The molecule has 0 saturated carbocycles. The number of benzene rings is 2. The molecule has 2 aromatic rings. The molecule has 0 N–H and O–H groups in total. The Morgan fingerprint density at radius 2 is 1.86 bits per heavy atom. The number of nitro groups is 1. The summed E-state index contributed by atoms with van der Waals surface area (Å²) in [4.78, 5) is 26.7. The summed E-state index contributed by atoms with van der Waals surface area (Å²) in [6, 6.07) is 12.7. The molecule has 1 amide bonds. The molecule has 0 atom stereocenters. The first-order valence-corrected chi connectivity index (χ1v) is 9.19. The zero-order valence-electron chi connectivity index (χ0n) is 15.4. The van der Waals surface area contributed by atoms with Gasteiger partial charge in [-0.05, 0) is 24.6 Å². The molecule has 0 unspecified atom stereocenters. The van der Waals surface area contributed by atoms with Gasteiger partial charge in [0.15, 0.2) is 11.6 Å². The smallest absolute Gasteiger partial charge is 0.271 e. The highest BCUT2D eigenvalue weighted by Gasteiger charge is 2.22. The number of anilines is 1. The molecular formula is C20H22FN3O4. The number of carbonyl (C=O) groups excluding carboxylic acids is 1. The van der Waals surface area contributed by atoms with Gasteiger partial charge >= 0.3 is 0 Å². The molecule has 2 aromatic carbocycles. The van der Waals surface area contributed by atoms with Crippen LogP contribution in [0.15, 0.2) is 48.5 Å². The average Bonchev–Trinajstić information content (AvgIpc) is 2.72. The lowest BCUT2D eigenvalue weighted by atomic mass is 10.2. The number of nitrogens with zero attached hydrogens (tertiary/aromatic N) is 3. The van der Waals surface area contributed by atoms with Gasteiger partial charge in [-0.1, -0.05) is 18.2 Å². The fraction of sp³-hybridized carbons (Fsp3) is 0.350. The number of hydrogen-bond donors (Lipinski definition) is 0. The normalized spacial score (nSPS) is 14.0. The van der Waals surface area contributed by atoms with Gasteiger partial charge in [0.1, 0.15) is 0 Å². The largest absolute Gasteiger partial charge is 0.491 e. The van der Waals surface area contributed by atoms with E-state index in [0.29, 0.717) is 39.0 Å². The fourth-order valence-corrected chi connectivity index (χ4v) is 3.14. The molecule has 1 aliphatic rings. The second kappa shape index (κ2) is 9.16. The number of para-hydroxylation sites is 1. The standard InChI is InChI=1S/C20H22FN3O4/c21-18-7-1-2-8-19(18)28-14-4-9-20(25)23-12-10-22(11-13-23)16-5-3-6-17(15-16)24(26)27/h1-3,5-8,15H,4,9-14H2. The molecule has 0 aromatic heterocycles. The van der Waals surface area contributed by atoms with Crippen LogP contribution in [0, 0.1) is 15.9 Å². The summed E-state index contributed by atoms with van der Waals surface area (Å²) in [6.45, 7) is 2.66. The van der Waals surface area contributed by atoms with E-state index in [2.05, 4.69) is 0 Å². The number of piperazine rings is 1. The molecule has 3 rings (SSSR count). The van der Waals surface area contributed by atoms with Crippen molar-refractivity contribution in [1.82, 2.24) is 4.90 Å². The van der Waals surface area contributed by atoms with Gasteiger partial charge in [0.25, 0.3) is 5.69 Å². The SMILES string of the molecule is O=C(CCCOc1ccccc1F)N1CCN(c2cccc([N+](=O)[O-])c2)CC1. The van der Waals surface area contributed by atoms with Crippen molar-refractivity contribution in [2.45, 2.75) is 12.8 Å². The molecule has 0 bridgehead atoms. The Hall–Kier alpha value is -3.16. The minimum Gasteiger partial charge on any atom is -0.491 e. The van der Waals surface area contributed by atoms with Crippen molar-refractivity contribution in [2.75, 3.05) is 37.7 Å². The van der Waals surface area contributed by atoms with Gasteiger partial charge in [-0.25, -0.2) is 4.39 Å². The van der Waals surface area contributed by atoms with Crippen LogP contribution in [0.4, 0.5) is 15.8 Å². The van der Waals surface area contributed by atoms with E-state index in [-0.39, 0.29) is 24.0 Å². The van der Waals surface area contributed by atoms with Gasteiger partial charge in [0.2, 0.25) is 5.91 Å². The Labute approximate surface area is 162 Å². The van der Waals surface area contributed by atoms with E-state index in [1.54, 1.807) is 35.2 Å². The third kappa shape index (κ3) is 4.97. The van der Waals surface area contributed by atoms with Crippen LogP contribution in [0.2, 0.25) is 0 Å². The summed E-state index contributed by atoms with van der Waals surface area (Å²) in [5.41, 5.74) is 0.852. The number of amides is 1. The lowest BCUT2D eigenvalue weighted by Crippen LogP contribution is -2.48. The van der Waals surface area contributed by atoms with Gasteiger partial charge in [-0.2, -0.15) is 0 Å². The first kappa shape index (κ1) is 19.6. The fourth-order valence-electron chi connectivity index (χ4n) is 3.14. The zero-order chi connectivity index (χ0) is 19.9. The Morgan fingerprint density at radius 1 is 1.11 bits per heavy atom. The van der Waals surface area contributed by atoms with Crippen LogP contribution < -0.4 is 9.64 Å². The topological polar surface area (TPSA) is 75.9 Å². The van der Waals surface area contributed by atoms with Crippen LogP contribution >= 0.6 is 0 Å². The molecule has 1 aliphatic heterocycles. The van der Waals surface area contributed by atoms with Crippen LogP contribution in [0.1, 0.15) is 12.8 Å². The minimum atomic E-state index is -0.411. The Bertz CT molecular complexity index is 838. The predicted octanol–water partition coefficient (Wildman–Crippen LogP) is 3.24. The molecule has 7 nitrogen and oxygen atoms in total. The monoisotopic (exact) mass is 387 g/mol. The summed E-state index contributed by atoms with van der Waals surface area (Å²) >= 11 is 0. The molecule has 0 aliphatic carbocycles. The average molecular weight is 387 g/mol. The molecule has 1 saturated heterocycles. The van der Waals surface area contributed by atoms with E-state index in [1.165, 1.54) is 12.1 Å². The van der Waals surface area contributed by atoms with Crippen molar-refractivity contribution in [3.05, 3.63) is 64.5 Å². The molecule has 148 valence electrons. The number of hydrogen-bond acceptors (Lipinski definition) is 5. The molecule has 0 radical (unpaired) electrons. The highest BCUT2D eigenvalue weighted by Crippen LogP contribution is 2.22. The van der Waals surface area contributed by atoms with Crippen LogP contribution in [-0.2, 0) is 4.79 Å². The Morgan fingerprint density at radius 3 is 2.57 bits per heavy atom. The van der Waals surface area contributed by atoms with Gasteiger partial charge in [-0.3, -0.25) is 14.9 Å². The van der Waals surface area contributed by atoms with E-state index in [4.69, 9.17) is 4.74 Å². The number of rotatable bonds is 7. The molecule has 0 spiro atoms. The number of nitro benzene ring substituents is 1. The predicted molar refractivity (Wildman–Crippen MR) is 103 cm³/mol. The number of carbonyl (C=O) groups is 1. The first-order valence-electron chi connectivity index (χ1n) is 9.19. The lowest BCUT2D eigenvalue weighted by molar-refractivity contribution is -0.384. The third-order valence-electron chi connectivity index (χ3n) is 4.67. The lowest BCUT2D eigenvalue weighted by Gasteiger charge is -2.36. The Kier molecular flexibility index (Phi) is 6.41. The minimum absolute atomic E-state index is 0.0378. The number of halogens is 1. The van der Waals surface area contributed by atoms with Gasteiger partial charge in [-0.15, -0.1) is 0 Å². The maximum atomic E-state index is 13.5. The molecule has 1 fully saturated rings. The third-order valence-corrected chi connectivity index (χ3v) is 4.67. The maximum absolute atomic E-state index is 13.5. The molecule has 8 heteroatoms. The van der Waals surface area contributed by atoms with E-state index in [1.807, 2.05) is 11.0 Å². The van der Waals surface area contributed by atoms with E-state index in [9.17, 15) is 19.3 Å². The highest BCUT2D eigenvalue weighted by molar-refractivity contribution is 5.76. The van der Waals surface area contributed by atoms with Gasteiger partial charge < -0.3 is 14.5 Å².